The first-order chi connectivity index (χ1) is 12.1. The van der Waals surface area contributed by atoms with Crippen LogP contribution in [0.1, 0.15) is 27.3 Å². The molecule has 1 amide bonds. The van der Waals surface area contributed by atoms with E-state index in [1.54, 1.807) is 16.4 Å². The van der Waals surface area contributed by atoms with Crippen LogP contribution in [0.3, 0.4) is 0 Å². The lowest BCUT2D eigenvalue weighted by Crippen LogP contribution is -2.25. The van der Waals surface area contributed by atoms with E-state index in [1.165, 1.54) is 5.56 Å². The molecule has 0 bridgehead atoms. The van der Waals surface area contributed by atoms with Gasteiger partial charge < -0.3 is 5.32 Å². The summed E-state index contributed by atoms with van der Waals surface area (Å²) in [5.41, 5.74) is 3.90. The molecular formula is C18H19N5OS. The van der Waals surface area contributed by atoms with Crippen molar-refractivity contribution in [2.75, 3.05) is 6.26 Å². The Morgan fingerprint density at radius 2 is 1.96 bits per heavy atom. The third kappa shape index (κ3) is 3.71. The Morgan fingerprint density at radius 1 is 1.16 bits per heavy atom. The second-order valence-corrected chi connectivity index (χ2v) is 6.51. The van der Waals surface area contributed by atoms with Crippen molar-refractivity contribution in [2.24, 2.45) is 0 Å². The molecule has 0 saturated carbocycles. The number of tetrazole rings is 1. The summed E-state index contributed by atoms with van der Waals surface area (Å²) in [6, 6.07) is 13.5. The van der Waals surface area contributed by atoms with Crippen molar-refractivity contribution in [3.05, 3.63) is 65.0 Å². The Hall–Kier alpha value is -2.67. The molecule has 0 fully saturated rings. The number of benzene rings is 2. The normalized spacial score (nSPS) is 10.7. The second kappa shape index (κ2) is 7.48. The van der Waals surface area contributed by atoms with Crippen molar-refractivity contribution in [1.29, 1.82) is 0 Å². The zero-order valence-corrected chi connectivity index (χ0v) is 15.2. The maximum absolute atomic E-state index is 12.5. The highest BCUT2D eigenvalue weighted by Gasteiger charge is 2.13. The number of nitrogens with zero attached hydrogens (tertiary/aromatic N) is 4. The summed E-state index contributed by atoms with van der Waals surface area (Å²) in [4.78, 5) is 13.4. The second-order valence-electron chi connectivity index (χ2n) is 5.66. The quantitative estimate of drug-likeness (QED) is 0.714. The summed E-state index contributed by atoms with van der Waals surface area (Å²) in [5, 5.41) is 14.7. The molecule has 0 atom stereocenters. The van der Waals surface area contributed by atoms with Crippen LogP contribution in [0, 0.1) is 13.8 Å². The van der Waals surface area contributed by atoms with Gasteiger partial charge >= 0.3 is 0 Å². The third-order valence-electron chi connectivity index (χ3n) is 4.03. The van der Waals surface area contributed by atoms with Crippen molar-refractivity contribution in [1.82, 2.24) is 25.5 Å². The molecule has 128 valence electrons. The molecule has 0 aliphatic carbocycles. The molecule has 1 N–H and O–H groups in total. The molecule has 0 unspecified atom stereocenters. The van der Waals surface area contributed by atoms with Crippen LogP contribution in [-0.4, -0.2) is 32.4 Å². The lowest BCUT2D eigenvalue weighted by molar-refractivity contribution is 0.0946. The average molecular weight is 353 g/mol. The number of rotatable bonds is 5. The number of hydrogen-bond acceptors (Lipinski definition) is 5. The van der Waals surface area contributed by atoms with Crippen molar-refractivity contribution in [2.45, 2.75) is 25.3 Å². The number of amides is 1. The average Bonchev–Trinajstić information content (AvgIpc) is 3.10. The van der Waals surface area contributed by atoms with Gasteiger partial charge in [0.1, 0.15) is 0 Å². The van der Waals surface area contributed by atoms with Gasteiger partial charge in [-0.1, -0.05) is 18.2 Å². The zero-order valence-electron chi connectivity index (χ0n) is 14.4. The molecule has 1 aromatic heterocycles. The molecule has 25 heavy (non-hydrogen) atoms. The predicted octanol–water partition coefficient (Wildman–Crippen LogP) is 2.93. The fraction of sp³-hybridized carbons (Fsp3) is 0.222. The van der Waals surface area contributed by atoms with E-state index < -0.39 is 0 Å². The van der Waals surface area contributed by atoms with Crippen LogP contribution in [0.5, 0.6) is 0 Å². The summed E-state index contributed by atoms with van der Waals surface area (Å²) < 4.78 is 1.65. The zero-order chi connectivity index (χ0) is 17.8. The van der Waals surface area contributed by atoms with Gasteiger partial charge in [-0.25, -0.2) is 0 Å². The van der Waals surface area contributed by atoms with Crippen molar-refractivity contribution in [3.8, 4) is 5.69 Å². The van der Waals surface area contributed by atoms with Gasteiger partial charge in [0, 0.05) is 4.90 Å². The number of hydrogen-bond donors (Lipinski definition) is 1. The number of thioether (sulfide) groups is 1. The summed E-state index contributed by atoms with van der Waals surface area (Å²) in [6.07, 6.45) is 1.95. The minimum Gasteiger partial charge on any atom is -0.345 e. The molecule has 2 aromatic carbocycles. The van der Waals surface area contributed by atoms with Gasteiger partial charge in [-0.3, -0.25) is 4.79 Å². The lowest BCUT2D eigenvalue weighted by Gasteiger charge is -2.09. The van der Waals surface area contributed by atoms with Crippen LogP contribution in [-0.2, 0) is 6.54 Å². The smallest absolute Gasteiger partial charge is 0.252 e. The van der Waals surface area contributed by atoms with Crippen LogP contribution < -0.4 is 5.32 Å². The molecule has 0 spiro atoms. The molecule has 0 saturated heterocycles. The first-order valence-electron chi connectivity index (χ1n) is 7.86. The van der Waals surface area contributed by atoms with Gasteiger partial charge in [0.05, 0.1) is 17.8 Å². The molecule has 7 heteroatoms. The van der Waals surface area contributed by atoms with Crippen molar-refractivity contribution >= 4 is 17.7 Å². The number of carbonyl (C=O) groups excluding carboxylic acids is 1. The number of aryl methyl sites for hydroxylation is 2. The van der Waals surface area contributed by atoms with Gasteiger partial charge in [-0.15, -0.1) is 16.9 Å². The summed E-state index contributed by atoms with van der Waals surface area (Å²) in [6.45, 7) is 4.36. The fourth-order valence-electron chi connectivity index (χ4n) is 2.46. The highest BCUT2D eigenvalue weighted by atomic mass is 32.2. The highest BCUT2D eigenvalue weighted by molar-refractivity contribution is 7.98. The van der Waals surface area contributed by atoms with E-state index in [0.29, 0.717) is 11.4 Å². The largest absolute Gasteiger partial charge is 0.345 e. The first kappa shape index (κ1) is 17.2. The van der Waals surface area contributed by atoms with Gasteiger partial charge in [-0.05, 0) is 65.9 Å². The van der Waals surface area contributed by atoms with Gasteiger partial charge in [0.15, 0.2) is 5.82 Å². The monoisotopic (exact) mass is 353 g/mol. The van der Waals surface area contributed by atoms with Crippen molar-refractivity contribution < 1.29 is 4.79 Å². The van der Waals surface area contributed by atoms with Crippen LogP contribution in [0.4, 0.5) is 0 Å². The van der Waals surface area contributed by atoms with E-state index in [9.17, 15) is 4.79 Å². The molecule has 0 radical (unpaired) electrons. The summed E-state index contributed by atoms with van der Waals surface area (Å²) in [7, 11) is 0. The van der Waals surface area contributed by atoms with Crippen LogP contribution in [0.2, 0.25) is 0 Å². The minimum absolute atomic E-state index is 0.139. The van der Waals surface area contributed by atoms with Gasteiger partial charge in [-0.2, -0.15) is 4.68 Å². The Kier molecular flexibility index (Phi) is 5.14. The molecular weight excluding hydrogens is 334 g/mol. The van der Waals surface area contributed by atoms with E-state index in [-0.39, 0.29) is 12.5 Å². The Bertz CT molecular complexity index is 906. The van der Waals surface area contributed by atoms with Crippen LogP contribution >= 0.6 is 11.8 Å². The third-order valence-corrected chi connectivity index (χ3v) is 4.82. The molecule has 0 aliphatic rings. The Labute approximate surface area is 150 Å². The maximum Gasteiger partial charge on any atom is 0.252 e. The maximum atomic E-state index is 12.5. The molecule has 6 nitrogen and oxygen atoms in total. The van der Waals surface area contributed by atoms with E-state index in [0.717, 1.165) is 16.1 Å². The minimum atomic E-state index is -0.139. The molecule has 0 aliphatic heterocycles. The Morgan fingerprint density at radius 3 is 2.72 bits per heavy atom. The van der Waals surface area contributed by atoms with Gasteiger partial charge in [0.25, 0.3) is 5.91 Å². The van der Waals surface area contributed by atoms with Crippen molar-refractivity contribution in [3.63, 3.8) is 0 Å². The van der Waals surface area contributed by atoms with E-state index in [4.69, 9.17) is 0 Å². The number of aromatic nitrogens is 4. The predicted molar refractivity (Wildman–Crippen MR) is 98.0 cm³/mol. The SMILES string of the molecule is CSc1ccccc1C(=O)NCc1nnnn1-c1ccc(C)c(C)c1. The molecule has 3 aromatic rings. The topological polar surface area (TPSA) is 72.7 Å². The summed E-state index contributed by atoms with van der Waals surface area (Å²) in [5.74, 6) is 0.442. The van der Waals surface area contributed by atoms with Crippen LogP contribution in [0.25, 0.3) is 5.69 Å². The highest BCUT2D eigenvalue weighted by Crippen LogP contribution is 2.20. The first-order valence-corrected chi connectivity index (χ1v) is 9.08. The molecule has 3 rings (SSSR count). The standard InChI is InChI=1S/C18H19N5OS/c1-12-8-9-14(10-13(12)2)23-17(20-21-22-23)11-19-18(24)15-6-4-5-7-16(15)25-3/h4-10H,11H2,1-3H3,(H,19,24). The van der Waals surface area contributed by atoms with E-state index >= 15 is 0 Å². The number of nitrogens with one attached hydrogen (secondary N) is 1. The lowest BCUT2D eigenvalue weighted by atomic mass is 10.1. The Balaban J connectivity index is 1.77. The van der Waals surface area contributed by atoms with E-state index in [2.05, 4.69) is 27.8 Å². The number of carbonyl (C=O) groups is 1. The molecule has 1 heterocycles. The van der Waals surface area contributed by atoms with Crippen LogP contribution in [0.15, 0.2) is 47.4 Å². The van der Waals surface area contributed by atoms with E-state index in [1.807, 2.05) is 55.6 Å². The van der Waals surface area contributed by atoms with Gasteiger partial charge in [0.2, 0.25) is 0 Å². The fourth-order valence-corrected chi connectivity index (χ4v) is 3.06. The summed E-state index contributed by atoms with van der Waals surface area (Å²) >= 11 is 1.54.